The van der Waals surface area contributed by atoms with Crippen LogP contribution < -0.4 is 0 Å². The smallest absolute Gasteiger partial charge is 0.0815 e. The predicted molar refractivity (Wildman–Crippen MR) is 73.3 cm³/mol. The molecule has 0 amide bonds. The van der Waals surface area contributed by atoms with Crippen LogP contribution in [0.1, 0.15) is 52.4 Å². The molecule has 2 aliphatic rings. The van der Waals surface area contributed by atoms with Crippen molar-refractivity contribution in [1.29, 1.82) is 0 Å². The standard InChI is InChI=1S/C14H26O2S/c1-12(2)5-7-13(10-15,8-6-12)14(16)4-3-9-17-11-14/h15-16H,3-11H2,1-2H3. The Labute approximate surface area is 109 Å². The van der Waals surface area contributed by atoms with Crippen LogP contribution in [0.3, 0.4) is 0 Å². The molecule has 2 N–H and O–H groups in total. The predicted octanol–water partition coefficient (Wildman–Crippen LogP) is 2.82. The lowest BCUT2D eigenvalue weighted by Gasteiger charge is -2.53. The molecule has 2 nitrogen and oxygen atoms in total. The summed E-state index contributed by atoms with van der Waals surface area (Å²) in [6.07, 6.45) is 6.18. The van der Waals surface area contributed by atoms with Gasteiger partial charge >= 0.3 is 0 Å². The van der Waals surface area contributed by atoms with Gasteiger partial charge in [-0.2, -0.15) is 11.8 Å². The molecule has 0 radical (unpaired) electrons. The van der Waals surface area contributed by atoms with Crippen LogP contribution in [-0.4, -0.2) is 33.9 Å². The zero-order valence-electron chi connectivity index (χ0n) is 11.2. The third kappa shape index (κ3) is 2.52. The Hall–Kier alpha value is 0.270. The molecule has 3 heteroatoms. The van der Waals surface area contributed by atoms with E-state index in [0.29, 0.717) is 5.41 Å². The Balaban J connectivity index is 2.14. The minimum Gasteiger partial charge on any atom is -0.396 e. The summed E-state index contributed by atoms with van der Waals surface area (Å²) in [7, 11) is 0. The fraction of sp³-hybridized carbons (Fsp3) is 1.00. The maximum absolute atomic E-state index is 10.9. The van der Waals surface area contributed by atoms with E-state index in [0.717, 1.165) is 50.0 Å². The summed E-state index contributed by atoms with van der Waals surface area (Å²) in [6.45, 7) is 4.75. The normalized spacial score (nSPS) is 36.7. The van der Waals surface area contributed by atoms with Crippen molar-refractivity contribution in [2.75, 3.05) is 18.1 Å². The van der Waals surface area contributed by atoms with E-state index in [-0.39, 0.29) is 12.0 Å². The van der Waals surface area contributed by atoms with Crippen LogP contribution in [0, 0.1) is 10.8 Å². The molecule has 1 aliphatic heterocycles. The van der Waals surface area contributed by atoms with E-state index < -0.39 is 5.60 Å². The Kier molecular flexibility index (Phi) is 3.82. The van der Waals surface area contributed by atoms with E-state index in [4.69, 9.17) is 0 Å². The first-order valence-electron chi connectivity index (χ1n) is 6.84. The first-order valence-corrected chi connectivity index (χ1v) is 8.00. The lowest BCUT2D eigenvalue weighted by atomic mass is 9.58. The molecular formula is C14H26O2S. The second-order valence-corrected chi connectivity index (χ2v) is 7.90. The average Bonchev–Trinajstić information content (AvgIpc) is 2.30. The van der Waals surface area contributed by atoms with E-state index >= 15 is 0 Å². The second kappa shape index (κ2) is 4.75. The van der Waals surface area contributed by atoms with E-state index in [2.05, 4.69) is 13.8 Å². The Morgan fingerprint density at radius 2 is 1.71 bits per heavy atom. The van der Waals surface area contributed by atoms with E-state index in [1.807, 2.05) is 11.8 Å². The van der Waals surface area contributed by atoms with Crippen LogP contribution in [0.5, 0.6) is 0 Å². The molecule has 17 heavy (non-hydrogen) atoms. The summed E-state index contributed by atoms with van der Waals surface area (Å²) in [5.74, 6) is 1.98. The quantitative estimate of drug-likeness (QED) is 0.800. The number of aliphatic hydroxyl groups is 2. The van der Waals surface area contributed by atoms with Gasteiger partial charge in [0.2, 0.25) is 0 Å². The minimum absolute atomic E-state index is 0.153. The van der Waals surface area contributed by atoms with Crippen LogP contribution >= 0.6 is 11.8 Å². The third-order valence-electron chi connectivity index (χ3n) is 5.07. The van der Waals surface area contributed by atoms with E-state index in [1.165, 1.54) is 0 Å². The fourth-order valence-electron chi connectivity index (χ4n) is 3.37. The van der Waals surface area contributed by atoms with Crippen molar-refractivity contribution in [3.8, 4) is 0 Å². The van der Waals surface area contributed by atoms with E-state index in [9.17, 15) is 10.2 Å². The Morgan fingerprint density at radius 3 is 2.18 bits per heavy atom. The summed E-state index contributed by atoms with van der Waals surface area (Å²) in [4.78, 5) is 0. The van der Waals surface area contributed by atoms with Crippen molar-refractivity contribution in [2.24, 2.45) is 10.8 Å². The lowest BCUT2D eigenvalue weighted by molar-refractivity contribution is -0.130. The highest BCUT2D eigenvalue weighted by Gasteiger charge is 2.52. The number of rotatable bonds is 2. The van der Waals surface area contributed by atoms with Gasteiger partial charge in [-0.05, 0) is 49.7 Å². The Bertz CT molecular complexity index is 259. The largest absolute Gasteiger partial charge is 0.396 e. The third-order valence-corrected chi connectivity index (χ3v) is 6.33. The van der Waals surface area contributed by atoms with Crippen LogP contribution in [-0.2, 0) is 0 Å². The number of aliphatic hydroxyl groups excluding tert-OH is 1. The molecular weight excluding hydrogens is 232 g/mol. The molecule has 1 aliphatic carbocycles. The van der Waals surface area contributed by atoms with Gasteiger partial charge in [0.15, 0.2) is 0 Å². The van der Waals surface area contributed by atoms with Crippen LogP contribution in [0.2, 0.25) is 0 Å². The van der Waals surface area contributed by atoms with Gasteiger partial charge in [-0.15, -0.1) is 0 Å². The van der Waals surface area contributed by atoms with Crippen LogP contribution in [0.25, 0.3) is 0 Å². The van der Waals surface area contributed by atoms with Gasteiger partial charge in [-0.3, -0.25) is 0 Å². The summed E-state index contributed by atoms with van der Waals surface area (Å²) in [6, 6.07) is 0. The summed E-state index contributed by atoms with van der Waals surface area (Å²) >= 11 is 1.85. The fourth-order valence-corrected chi connectivity index (χ4v) is 4.66. The number of thioether (sulfide) groups is 1. The van der Waals surface area contributed by atoms with E-state index in [1.54, 1.807) is 0 Å². The van der Waals surface area contributed by atoms with Gasteiger partial charge in [0.05, 0.1) is 12.2 Å². The van der Waals surface area contributed by atoms with Gasteiger partial charge in [0.1, 0.15) is 0 Å². The van der Waals surface area contributed by atoms with Gasteiger partial charge < -0.3 is 10.2 Å². The molecule has 1 saturated carbocycles. The van der Waals surface area contributed by atoms with Crippen molar-refractivity contribution < 1.29 is 10.2 Å². The topological polar surface area (TPSA) is 40.5 Å². The van der Waals surface area contributed by atoms with Gasteiger partial charge in [-0.1, -0.05) is 13.8 Å². The zero-order chi connectivity index (χ0) is 12.6. The van der Waals surface area contributed by atoms with Gasteiger partial charge in [0, 0.05) is 11.2 Å². The highest BCUT2D eigenvalue weighted by molar-refractivity contribution is 7.99. The summed E-state index contributed by atoms with van der Waals surface area (Å²) in [5.41, 5.74) is -0.464. The summed E-state index contributed by atoms with van der Waals surface area (Å²) < 4.78 is 0. The molecule has 0 aromatic rings. The molecule has 2 fully saturated rings. The maximum Gasteiger partial charge on any atom is 0.0815 e. The van der Waals surface area contributed by atoms with Crippen LogP contribution in [0.15, 0.2) is 0 Å². The van der Waals surface area contributed by atoms with Gasteiger partial charge in [0.25, 0.3) is 0 Å². The molecule has 100 valence electrons. The maximum atomic E-state index is 10.9. The molecule has 0 bridgehead atoms. The molecule has 1 atom stereocenters. The van der Waals surface area contributed by atoms with Crippen molar-refractivity contribution in [1.82, 2.24) is 0 Å². The zero-order valence-corrected chi connectivity index (χ0v) is 12.0. The highest BCUT2D eigenvalue weighted by Crippen LogP contribution is 2.53. The molecule has 1 unspecified atom stereocenters. The molecule has 0 aromatic heterocycles. The minimum atomic E-state index is -0.624. The molecule has 1 saturated heterocycles. The first-order chi connectivity index (χ1) is 7.93. The van der Waals surface area contributed by atoms with Crippen molar-refractivity contribution in [3.63, 3.8) is 0 Å². The summed E-state index contributed by atoms with van der Waals surface area (Å²) in [5, 5.41) is 20.8. The molecule has 0 aromatic carbocycles. The molecule has 0 spiro atoms. The number of hydrogen-bond donors (Lipinski definition) is 2. The second-order valence-electron chi connectivity index (χ2n) is 6.79. The monoisotopic (exact) mass is 258 g/mol. The average molecular weight is 258 g/mol. The number of hydrogen-bond acceptors (Lipinski definition) is 3. The SMILES string of the molecule is CC1(C)CCC(CO)(C2(O)CCCSC2)CC1. The highest BCUT2D eigenvalue weighted by atomic mass is 32.2. The van der Waals surface area contributed by atoms with Crippen LogP contribution in [0.4, 0.5) is 0 Å². The van der Waals surface area contributed by atoms with Gasteiger partial charge in [-0.25, -0.2) is 0 Å². The van der Waals surface area contributed by atoms with Crippen molar-refractivity contribution >= 4 is 11.8 Å². The first kappa shape index (κ1) is 13.7. The molecule has 2 rings (SSSR count). The van der Waals surface area contributed by atoms with Crippen molar-refractivity contribution in [2.45, 2.75) is 58.0 Å². The molecule has 1 heterocycles. The Morgan fingerprint density at radius 1 is 1.06 bits per heavy atom. The van der Waals surface area contributed by atoms with Crippen molar-refractivity contribution in [3.05, 3.63) is 0 Å². The lowest BCUT2D eigenvalue weighted by Crippen LogP contribution is -2.56.